The summed E-state index contributed by atoms with van der Waals surface area (Å²) in [4.78, 5) is 4.82. The van der Waals surface area contributed by atoms with E-state index in [9.17, 15) is 0 Å². The van der Waals surface area contributed by atoms with Gasteiger partial charge in [-0.1, -0.05) is 111 Å². The fourth-order valence-electron chi connectivity index (χ4n) is 10.5. The first kappa shape index (κ1) is 45.6. The minimum Gasteiger partial charge on any atom is -0.510 e. The van der Waals surface area contributed by atoms with Crippen LogP contribution in [0.4, 0.5) is 17.6 Å². The maximum atomic E-state index is 15.6. The number of alkyl halides is 4. The number of nitrogens with zero attached hydrogens (tertiary/aromatic N) is 4. The van der Waals surface area contributed by atoms with E-state index < -0.39 is 11.8 Å². The van der Waals surface area contributed by atoms with Gasteiger partial charge in [0.15, 0.2) is 0 Å². The van der Waals surface area contributed by atoms with Gasteiger partial charge in [-0.2, -0.15) is 18.2 Å². The standard InChI is InChI=1S/C60H46F4N4O.Pt/c1-58(2,3)42-28-31-65-56(34-42)68-52-19-5-4-16-48(52)49-27-26-45(36-55(49)68)69-44-15-8-14-43(35-44)66-37-67(54-21-7-6-20-53(54)66)57-46(40-24-22-38-12-10-29-59(61,62)50(38)32-40)17-9-18-47(57)41-25-23-39-13-11-30-60(63,64)51(39)33-41;/h4-9,14-28,31-34H,10-13,29-30H2,1-3H3;/q-2;. The monoisotopic (exact) mass is 1110 g/mol. The van der Waals surface area contributed by atoms with Crippen molar-refractivity contribution in [1.82, 2.24) is 14.1 Å². The van der Waals surface area contributed by atoms with Crippen molar-refractivity contribution in [3.05, 3.63) is 198 Å². The van der Waals surface area contributed by atoms with Gasteiger partial charge in [-0.3, -0.25) is 4.57 Å². The maximum absolute atomic E-state index is 15.6. The molecule has 0 N–H and O–H groups in total. The molecule has 2 aliphatic rings. The smallest absolute Gasteiger partial charge is 0.273 e. The molecule has 10 aromatic rings. The number of imidazole rings is 1. The molecule has 12 rings (SSSR count). The minimum absolute atomic E-state index is 0. The fourth-order valence-corrected chi connectivity index (χ4v) is 10.5. The van der Waals surface area contributed by atoms with E-state index in [-0.39, 0.29) is 50.4 Å². The number of benzene rings is 7. The van der Waals surface area contributed by atoms with Gasteiger partial charge in [0.1, 0.15) is 5.82 Å². The van der Waals surface area contributed by atoms with Crippen molar-refractivity contribution in [2.45, 2.75) is 76.6 Å². The summed E-state index contributed by atoms with van der Waals surface area (Å²) in [6.45, 7) is 6.57. The normalized spacial score (nSPS) is 15.1. The molecule has 0 unspecified atom stereocenters. The predicted octanol–water partition coefficient (Wildman–Crippen LogP) is 15.1. The molecule has 5 nitrogen and oxygen atoms in total. The van der Waals surface area contributed by atoms with Crippen LogP contribution < -0.4 is 9.30 Å². The van der Waals surface area contributed by atoms with Crippen LogP contribution in [0.3, 0.4) is 0 Å². The van der Waals surface area contributed by atoms with Crippen LogP contribution in [0.25, 0.3) is 72.3 Å². The number of pyridine rings is 1. The van der Waals surface area contributed by atoms with Gasteiger partial charge in [0.05, 0.1) is 16.7 Å². The molecular weight excluding hydrogens is 1060 g/mol. The summed E-state index contributed by atoms with van der Waals surface area (Å²) in [7, 11) is 0. The number of hydrogen-bond donors (Lipinski definition) is 0. The molecule has 0 spiro atoms. The van der Waals surface area contributed by atoms with E-state index in [1.807, 2.05) is 118 Å². The Morgan fingerprint density at radius 1 is 0.629 bits per heavy atom. The topological polar surface area (TPSA) is 35.9 Å². The van der Waals surface area contributed by atoms with Gasteiger partial charge in [0.25, 0.3) is 18.2 Å². The number of rotatable bonds is 7. The van der Waals surface area contributed by atoms with Gasteiger partial charge in [0.2, 0.25) is 0 Å². The summed E-state index contributed by atoms with van der Waals surface area (Å²) in [5, 5.41) is 2.10. The average Bonchev–Trinajstić information content (AvgIpc) is 3.89. The van der Waals surface area contributed by atoms with E-state index in [0.717, 1.165) is 38.7 Å². The predicted molar refractivity (Wildman–Crippen MR) is 263 cm³/mol. The first-order valence-electron chi connectivity index (χ1n) is 23.6. The van der Waals surface area contributed by atoms with Gasteiger partial charge in [-0.15, -0.1) is 29.7 Å². The van der Waals surface area contributed by atoms with Gasteiger partial charge >= 0.3 is 0 Å². The van der Waals surface area contributed by atoms with Crippen molar-refractivity contribution in [1.29, 1.82) is 0 Å². The molecule has 3 heterocycles. The van der Waals surface area contributed by atoms with Crippen LogP contribution in [0.15, 0.2) is 152 Å². The summed E-state index contributed by atoms with van der Waals surface area (Å²) in [5.74, 6) is -4.21. The Morgan fingerprint density at radius 2 is 1.26 bits per heavy atom. The zero-order valence-electron chi connectivity index (χ0n) is 38.7. The van der Waals surface area contributed by atoms with Crippen LogP contribution in [0.1, 0.15) is 74.3 Å². The Balaban J connectivity index is 0.00000533. The number of ether oxygens (including phenoxy) is 1. The van der Waals surface area contributed by atoms with Crippen molar-refractivity contribution in [3.8, 4) is 50.9 Å². The molecule has 352 valence electrons. The third-order valence-corrected chi connectivity index (χ3v) is 13.9. The van der Waals surface area contributed by atoms with Crippen LogP contribution in [0, 0.1) is 18.5 Å². The SMILES string of the molecule is CC(C)(C)c1ccnc(-n2c3[c-]c(Oc4[c-]c(-n5[c-][n+](-c6c(-c7ccc8c(c7)C(F)(F)CCC8)cccc6-c6ccc7c(c6)C(F)(F)CCC7)c6ccccc65)ccc4)ccc3c3ccccc32)c1.[Pt]. The Labute approximate surface area is 418 Å². The van der Waals surface area contributed by atoms with Crippen LogP contribution in [-0.2, 0) is 51.2 Å². The number of para-hydroxylation sites is 4. The molecule has 0 fully saturated rings. The van der Waals surface area contributed by atoms with Gasteiger partial charge < -0.3 is 13.9 Å². The summed E-state index contributed by atoms with van der Waals surface area (Å²) >= 11 is 0. The molecule has 0 saturated heterocycles. The second-order valence-corrected chi connectivity index (χ2v) is 19.4. The van der Waals surface area contributed by atoms with Crippen molar-refractivity contribution in [3.63, 3.8) is 0 Å². The molecule has 0 aliphatic heterocycles. The Bertz CT molecular complexity index is 3590. The number of aromatic nitrogens is 4. The first-order valence-corrected chi connectivity index (χ1v) is 23.6. The molecule has 0 radical (unpaired) electrons. The Morgan fingerprint density at radius 3 is 1.94 bits per heavy atom. The molecule has 0 amide bonds. The molecule has 2 aliphatic carbocycles. The molecule has 0 atom stereocenters. The molecule has 10 heteroatoms. The summed E-state index contributed by atoms with van der Waals surface area (Å²) in [6, 6.07) is 53.2. The van der Waals surface area contributed by atoms with E-state index in [0.29, 0.717) is 81.9 Å². The molecule has 7 aromatic carbocycles. The summed E-state index contributed by atoms with van der Waals surface area (Å²) in [5.41, 5.74) is 9.57. The van der Waals surface area contributed by atoms with Gasteiger partial charge in [-0.25, -0.2) is 22.5 Å². The second kappa shape index (κ2) is 17.2. The molecule has 3 aromatic heterocycles. The van der Waals surface area contributed by atoms with E-state index in [1.165, 1.54) is 5.56 Å². The number of aryl methyl sites for hydroxylation is 2. The number of hydrogen-bond acceptors (Lipinski definition) is 2. The van der Waals surface area contributed by atoms with Gasteiger partial charge in [0, 0.05) is 68.2 Å². The number of fused-ring (bicyclic) bond motifs is 6. The largest absolute Gasteiger partial charge is 0.510 e. The van der Waals surface area contributed by atoms with E-state index in [1.54, 1.807) is 12.1 Å². The summed E-state index contributed by atoms with van der Waals surface area (Å²) < 4.78 is 75.0. The maximum Gasteiger partial charge on any atom is 0.273 e. The van der Waals surface area contributed by atoms with Crippen LogP contribution in [0.5, 0.6) is 11.5 Å². The van der Waals surface area contributed by atoms with E-state index in [4.69, 9.17) is 9.72 Å². The second-order valence-electron chi connectivity index (χ2n) is 19.4. The minimum atomic E-state index is -2.97. The average molecular weight is 1110 g/mol. The Hall–Kier alpha value is -6.83. The van der Waals surface area contributed by atoms with E-state index >= 15 is 17.6 Å². The molecular formula is C60H46F4N4OPt-2. The molecule has 0 saturated carbocycles. The third kappa shape index (κ3) is 7.83. The van der Waals surface area contributed by atoms with Crippen LogP contribution in [-0.4, -0.2) is 14.1 Å². The Kier molecular flexibility index (Phi) is 11.2. The van der Waals surface area contributed by atoms with Crippen LogP contribution >= 0.6 is 0 Å². The third-order valence-electron chi connectivity index (χ3n) is 13.9. The van der Waals surface area contributed by atoms with Crippen molar-refractivity contribution in [2.75, 3.05) is 0 Å². The fraction of sp³-hybridized carbons (Fsp3) is 0.200. The first-order chi connectivity index (χ1) is 33.3. The molecule has 70 heavy (non-hydrogen) atoms. The van der Waals surface area contributed by atoms with Crippen molar-refractivity contribution in [2.24, 2.45) is 0 Å². The van der Waals surface area contributed by atoms with Crippen molar-refractivity contribution >= 4 is 32.8 Å². The zero-order valence-corrected chi connectivity index (χ0v) is 41.0. The molecule has 0 bridgehead atoms. The quantitative estimate of drug-likeness (QED) is 0.0906. The summed E-state index contributed by atoms with van der Waals surface area (Å²) in [6.07, 6.45) is 7.03. The zero-order chi connectivity index (χ0) is 47.2. The van der Waals surface area contributed by atoms with E-state index in [2.05, 4.69) is 74.1 Å². The van der Waals surface area contributed by atoms with Gasteiger partial charge in [-0.05, 0) is 111 Å². The van der Waals surface area contributed by atoms with Crippen molar-refractivity contribution < 1.29 is 47.9 Å². The van der Waals surface area contributed by atoms with Crippen LogP contribution in [0.2, 0.25) is 0 Å². The number of halogens is 4.